The first kappa shape index (κ1) is 18.1. The Bertz CT molecular complexity index is 777. The number of carboxylic acids is 1. The zero-order valence-electron chi connectivity index (χ0n) is 14.5. The molecular formula is C18H20N2O5. The van der Waals surface area contributed by atoms with E-state index in [1.165, 1.54) is 27.4 Å². The SMILES string of the molecule is COc1cc(C(C)=NNc2ccccc2C(=O)O)cc(OC)c1OC. The molecule has 132 valence electrons. The van der Waals surface area contributed by atoms with Crippen LogP contribution in [0.15, 0.2) is 41.5 Å². The molecule has 0 heterocycles. The summed E-state index contributed by atoms with van der Waals surface area (Å²) in [4.78, 5) is 11.2. The molecule has 0 spiro atoms. The Morgan fingerprint density at radius 3 is 2.16 bits per heavy atom. The Kier molecular flexibility index (Phi) is 5.84. The van der Waals surface area contributed by atoms with Crippen LogP contribution in [0.25, 0.3) is 0 Å². The molecule has 2 aromatic rings. The van der Waals surface area contributed by atoms with E-state index in [0.717, 1.165) is 5.56 Å². The second-order valence-electron chi connectivity index (χ2n) is 5.07. The van der Waals surface area contributed by atoms with Gasteiger partial charge in [0, 0.05) is 5.56 Å². The van der Waals surface area contributed by atoms with E-state index in [1.54, 1.807) is 37.3 Å². The summed E-state index contributed by atoms with van der Waals surface area (Å²) in [5.74, 6) is 0.490. The fraction of sp³-hybridized carbons (Fsp3) is 0.222. The van der Waals surface area contributed by atoms with Crippen molar-refractivity contribution in [3.8, 4) is 17.2 Å². The lowest BCUT2D eigenvalue weighted by molar-refractivity contribution is 0.0698. The molecule has 7 nitrogen and oxygen atoms in total. The van der Waals surface area contributed by atoms with E-state index in [-0.39, 0.29) is 5.56 Å². The number of carbonyl (C=O) groups is 1. The molecule has 2 aromatic carbocycles. The molecule has 0 atom stereocenters. The lowest BCUT2D eigenvalue weighted by atomic mass is 10.1. The second-order valence-corrected chi connectivity index (χ2v) is 5.07. The van der Waals surface area contributed by atoms with Gasteiger partial charge in [0.2, 0.25) is 5.75 Å². The molecule has 0 fully saturated rings. The number of benzene rings is 2. The molecule has 0 unspecified atom stereocenters. The average molecular weight is 344 g/mol. The Morgan fingerprint density at radius 2 is 1.64 bits per heavy atom. The van der Waals surface area contributed by atoms with Gasteiger partial charge in [0.1, 0.15) is 0 Å². The lowest BCUT2D eigenvalue weighted by Crippen LogP contribution is -2.05. The minimum atomic E-state index is -1.02. The number of methoxy groups -OCH3 is 3. The number of hydrogen-bond donors (Lipinski definition) is 2. The van der Waals surface area contributed by atoms with Crippen LogP contribution >= 0.6 is 0 Å². The van der Waals surface area contributed by atoms with Gasteiger partial charge in [0.25, 0.3) is 0 Å². The molecule has 0 amide bonds. The van der Waals surface area contributed by atoms with Gasteiger partial charge in [-0.25, -0.2) is 4.79 Å². The molecule has 0 saturated carbocycles. The first-order valence-corrected chi connectivity index (χ1v) is 7.44. The Labute approximate surface area is 145 Å². The van der Waals surface area contributed by atoms with Crippen LogP contribution in [0.5, 0.6) is 17.2 Å². The summed E-state index contributed by atoms with van der Waals surface area (Å²) in [5, 5.41) is 13.5. The molecule has 0 aliphatic rings. The summed E-state index contributed by atoms with van der Waals surface area (Å²) in [6, 6.07) is 10.1. The highest BCUT2D eigenvalue weighted by Gasteiger charge is 2.14. The molecule has 7 heteroatoms. The number of ether oxygens (including phenoxy) is 3. The minimum Gasteiger partial charge on any atom is -0.493 e. The van der Waals surface area contributed by atoms with E-state index in [0.29, 0.717) is 28.6 Å². The Hall–Kier alpha value is -3.22. The van der Waals surface area contributed by atoms with Crippen LogP contribution in [0.3, 0.4) is 0 Å². The quantitative estimate of drug-likeness (QED) is 0.592. The third kappa shape index (κ3) is 4.00. The van der Waals surface area contributed by atoms with Crippen LogP contribution in [0.2, 0.25) is 0 Å². The van der Waals surface area contributed by atoms with Gasteiger partial charge >= 0.3 is 5.97 Å². The van der Waals surface area contributed by atoms with Crippen molar-refractivity contribution in [2.45, 2.75) is 6.92 Å². The maximum Gasteiger partial charge on any atom is 0.337 e. The number of carboxylic acid groups (broad SMARTS) is 1. The van der Waals surface area contributed by atoms with Crippen LogP contribution in [0.1, 0.15) is 22.8 Å². The van der Waals surface area contributed by atoms with E-state index in [4.69, 9.17) is 14.2 Å². The van der Waals surface area contributed by atoms with Gasteiger partial charge in [-0.3, -0.25) is 5.43 Å². The number of rotatable bonds is 7. The smallest absolute Gasteiger partial charge is 0.337 e. The molecule has 0 aliphatic heterocycles. The van der Waals surface area contributed by atoms with Crippen LogP contribution in [0, 0.1) is 0 Å². The van der Waals surface area contributed by atoms with Crippen molar-refractivity contribution in [2.24, 2.45) is 5.10 Å². The summed E-state index contributed by atoms with van der Waals surface area (Å²) < 4.78 is 15.9. The van der Waals surface area contributed by atoms with Gasteiger partial charge in [-0.05, 0) is 31.2 Å². The van der Waals surface area contributed by atoms with Crippen LogP contribution < -0.4 is 19.6 Å². The molecule has 0 saturated heterocycles. The number of aromatic carboxylic acids is 1. The van der Waals surface area contributed by atoms with Crippen LogP contribution in [-0.4, -0.2) is 38.1 Å². The molecule has 0 aromatic heterocycles. The van der Waals surface area contributed by atoms with E-state index >= 15 is 0 Å². The summed E-state index contributed by atoms with van der Waals surface area (Å²) in [5.41, 5.74) is 4.71. The number of anilines is 1. The van der Waals surface area contributed by atoms with Crippen molar-refractivity contribution < 1.29 is 24.1 Å². The van der Waals surface area contributed by atoms with Crippen LogP contribution in [0.4, 0.5) is 5.69 Å². The third-order valence-corrected chi connectivity index (χ3v) is 3.58. The van der Waals surface area contributed by atoms with Crippen molar-refractivity contribution in [1.82, 2.24) is 0 Å². The van der Waals surface area contributed by atoms with Gasteiger partial charge in [-0.2, -0.15) is 5.10 Å². The maximum atomic E-state index is 11.2. The Morgan fingerprint density at radius 1 is 1.04 bits per heavy atom. The predicted octanol–water partition coefficient (Wildman–Crippen LogP) is 3.25. The summed E-state index contributed by atoms with van der Waals surface area (Å²) >= 11 is 0. The lowest BCUT2D eigenvalue weighted by Gasteiger charge is -2.14. The van der Waals surface area contributed by atoms with Crippen molar-refractivity contribution in [2.75, 3.05) is 26.8 Å². The molecule has 0 radical (unpaired) electrons. The van der Waals surface area contributed by atoms with Crippen molar-refractivity contribution in [3.05, 3.63) is 47.5 Å². The number of para-hydroxylation sites is 1. The molecule has 25 heavy (non-hydrogen) atoms. The second kappa shape index (κ2) is 8.05. The van der Waals surface area contributed by atoms with E-state index in [9.17, 15) is 9.90 Å². The molecular weight excluding hydrogens is 324 g/mol. The Balaban J connectivity index is 2.36. The molecule has 2 N–H and O–H groups in total. The largest absolute Gasteiger partial charge is 0.493 e. The number of nitrogens with zero attached hydrogens (tertiary/aromatic N) is 1. The minimum absolute atomic E-state index is 0.143. The number of hydrazone groups is 1. The van der Waals surface area contributed by atoms with Crippen molar-refractivity contribution in [3.63, 3.8) is 0 Å². The maximum absolute atomic E-state index is 11.2. The van der Waals surface area contributed by atoms with Gasteiger partial charge in [0.05, 0.1) is 38.3 Å². The highest BCUT2D eigenvalue weighted by atomic mass is 16.5. The standard InChI is InChI=1S/C18H20N2O5/c1-11(19-20-14-8-6-5-7-13(14)18(21)22)12-9-15(23-2)17(25-4)16(10-12)24-3/h5-10,20H,1-4H3,(H,21,22). The molecule has 0 bridgehead atoms. The first-order chi connectivity index (χ1) is 12.0. The van der Waals surface area contributed by atoms with Gasteiger partial charge in [0.15, 0.2) is 11.5 Å². The van der Waals surface area contributed by atoms with Gasteiger partial charge < -0.3 is 19.3 Å². The topological polar surface area (TPSA) is 89.4 Å². The highest BCUT2D eigenvalue weighted by Crippen LogP contribution is 2.38. The summed E-state index contributed by atoms with van der Waals surface area (Å²) in [6.07, 6.45) is 0. The summed E-state index contributed by atoms with van der Waals surface area (Å²) in [7, 11) is 4.61. The summed E-state index contributed by atoms with van der Waals surface area (Å²) in [6.45, 7) is 1.79. The molecule has 0 aliphatic carbocycles. The van der Waals surface area contributed by atoms with Crippen molar-refractivity contribution >= 4 is 17.4 Å². The third-order valence-electron chi connectivity index (χ3n) is 3.58. The fourth-order valence-electron chi connectivity index (χ4n) is 2.27. The van der Waals surface area contributed by atoms with Gasteiger partial charge in [-0.1, -0.05) is 12.1 Å². The average Bonchev–Trinajstić information content (AvgIpc) is 2.64. The van der Waals surface area contributed by atoms with Crippen molar-refractivity contribution in [1.29, 1.82) is 0 Å². The normalized spacial score (nSPS) is 11.0. The monoisotopic (exact) mass is 344 g/mol. The predicted molar refractivity (Wildman–Crippen MR) is 95.3 cm³/mol. The fourth-order valence-corrected chi connectivity index (χ4v) is 2.27. The molecule has 2 rings (SSSR count). The van der Waals surface area contributed by atoms with E-state index in [1.807, 2.05) is 0 Å². The number of nitrogens with one attached hydrogen (secondary N) is 1. The zero-order valence-corrected chi connectivity index (χ0v) is 14.5. The van der Waals surface area contributed by atoms with E-state index < -0.39 is 5.97 Å². The first-order valence-electron chi connectivity index (χ1n) is 7.44. The van der Waals surface area contributed by atoms with Gasteiger partial charge in [-0.15, -0.1) is 0 Å². The van der Waals surface area contributed by atoms with E-state index in [2.05, 4.69) is 10.5 Å². The highest BCUT2D eigenvalue weighted by molar-refractivity contribution is 6.01. The number of hydrogen-bond acceptors (Lipinski definition) is 6. The van der Waals surface area contributed by atoms with Crippen LogP contribution in [-0.2, 0) is 0 Å². The zero-order chi connectivity index (χ0) is 18.4.